The monoisotopic (exact) mass is 299 g/mol. The van der Waals surface area contributed by atoms with Crippen molar-refractivity contribution < 1.29 is 14.6 Å². The van der Waals surface area contributed by atoms with Crippen molar-refractivity contribution in [1.82, 2.24) is 0 Å². The molecule has 0 aromatic heterocycles. The average molecular weight is 299 g/mol. The van der Waals surface area contributed by atoms with Crippen molar-refractivity contribution in [3.05, 3.63) is 59.7 Å². The number of aliphatic hydroxyl groups excluding tert-OH is 1. The van der Waals surface area contributed by atoms with E-state index in [2.05, 4.69) is 5.32 Å². The van der Waals surface area contributed by atoms with Crippen molar-refractivity contribution in [3.8, 4) is 5.75 Å². The summed E-state index contributed by atoms with van der Waals surface area (Å²) in [5.74, 6) is 0.456. The first kappa shape index (κ1) is 16.0. The van der Waals surface area contributed by atoms with Crippen LogP contribution in [0.4, 0.5) is 5.69 Å². The zero-order chi connectivity index (χ0) is 16.1. The van der Waals surface area contributed by atoms with E-state index in [4.69, 9.17) is 4.74 Å². The molecule has 22 heavy (non-hydrogen) atoms. The second-order valence-corrected chi connectivity index (χ2v) is 5.45. The van der Waals surface area contributed by atoms with E-state index in [0.717, 1.165) is 5.56 Å². The van der Waals surface area contributed by atoms with Crippen LogP contribution < -0.4 is 10.1 Å². The lowest BCUT2D eigenvalue weighted by molar-refractivity contribution is 0.102. The predicted octanol–water partition coefficient (Wildman–Crippen LogP) is 3.78. The molecule has 1 amide bonds. The van der Waals surface area contributed by atoms with Gasteiger partial charge in [-0.05, 0) is 56.7 Å². The summed E-state index contributed by atoms with van der Waals surface area (Å²) in [7, 11) is 0. The topological polar surface area (TPSA) is 58.6 Å². The smallest absolute Gasteiger partial charge is 0.255 e. The minimum atomic E-state index is -0.570. The molecule has 2 aromatic rings. The van der Waals surface area contributed by atoms with Gasteiger partial charge in [0, 0.05) is 11.3 Å². The van der Waals surface area contributed by atoms with Crippen LogP contribution in [0.15, 0.2) is 48.5 Å². The Morgan fingerprint density at radius 3 is 2.50 bits per heavy atom. The lowest BCUT2D eigenvalue weighted by Crippen LogP contribution is -2.13. The van der Waals surface area contributed by atoms with Crippen molar-refractivity contribution in [3.63, 3.8) is 0 Å². The molecule has 4 nitrogen and oxygen atoms in total. The maximum absolute atomic E-state index is 12.3. The Labute approximate surface area is 130 Å². The lowest BCUT2D eigenvalue weighted by Gasteiger charge is -2.12. The molecule has 0 spiro atoms. The molecule has 116 valence electrons. The summed E-state index contributed by atoms with van der Waals surface area (Å²) in [6.45, 7) is 5.57. The molecule has 0 aliphatic carbocycles. The van der Waals surface area contributed by atoms with Crippen molar-refractivity contribution in [1.29, 1.82) is 0 Å². The van der Waals surface area contributed by atoms with E-state index in [0.29, 0.717) is 17.0 Å². The van der Waals surface area contributed by atoms with Gasteiger partial charge in [-0.25, -0.2) is 0 Å². The first-order valence-corrected chi connectivity index (χ1v) is 7.32. The van der Waals surface area contributed by atoms with Crippen molar-refractivity contribution >= 4 is 11.6 Å². The first-order valence-electron chi connectivity index (χ1n) is 7.32. The van der Waals surface area contributed by atoms with E-state index < -0.39 is 6.10 Å². The summed E-state index contributed by atoms with van der Waals surface area (Å²) in [6, 6.07) is 14.2. The zero-order valence-corrected chi connectivity index (χ0v) is 13.0. The van der Waals surface area contributed by atoms with Gasteiger partial charge in [-0.15, -0.1) is 0 Å². The normalized spacial score (nSPS) is 12.0. The summed E-state index contributed by atoms with van der Waals surface area (Å²) in [4.78, 5) is 12.3. The number of nitrogens with one attached hydrogen (secondary N) is 1. The van der Waals surface area contributed by atoms with Gasteiger partial charge in [0.25, 0.3) is 5.91 Å². The zero-order valence-electron chi connectivity index (χ0n) is 13.0. The number of ether oxygens (including phenoxy) is 1. The lowest BCUT2D eigenvalue weighted by atomic mass is 10.1. The van der Waals surface area contributed by atoms with Crippen molar-refractivity contribution in [2.75, 3.05) is 5.32 Å². The fourth-order valence-electron chi connectivity index (χ4n) is 2.06. The Hall–Kier alpha value is -2.33. The summed E-state index contributed by atoms with van der Waals surface area (Å²) in [5.41, 5.74) is 1.94. The molecule has 4 heteroatoms. The van der Waals surface area contributed by atoms with E-state index in [-0.39, 0.29) is 12.0 Å². The largest absolute Gasteiger partial charge is 0.491 e. The number of aliphatic hydroxyl groups is 1. The average Bonchev–Trinajstić information content (AvgIpc) is 2.47. The number of hydrogen-bond donors (Lipinski definition) is 2. The third kappa shape index (κ3) is 4.33. The summed E-state index contributed by atoms with van der Waals surface area (Å²) >= 11 is 0. The van der Waals surface area contributed by atoms with Gasteiger partial charge in [0.15, 0.2) is 0 Å². The van der Waals surface area contributed by atoms with Gasteiger partial charge in [0.1, 0.15) is 5.75 Å². The third-order valence-corrected chi connectivity index (χ3v) is 3.09. The molecular weight excluding hydrogens is 278 g/mol. The molecule has 0 aliphatic heterocycles. The van der Waals surface area contributed by atoms with Gasteiger partial charge in [-0.2, -0.15) is 0 Å². The second-order valence-electron chi connectivity index (χ2n) is 5.45. The number of rotatable bonds is 5. The van der Waals surface area contributed by atoms with Crippen LogP contribution in [0.5, 0.6) is 5.75 Å². The van der Waals surface area contributed by atoms with E-state index in [1.807, 2.05) is 26.0 Å². The van der Waals surface area contributed by atoms with E-state index in [1.165, 1.54) is 0 Å². The molecule has 2 aromatic carbocycles. The molecule has 0 saturated carbocycles. The Bertz CT molecular complexity index is 650. The van der Waals surface area contributed by atoms with Crippen LogP contribution in [0, 0.1) is 0 Å². The highest BCUT2D eigenvalue weighted by Crippen LogP contribution is 2.19. The summed E-state index contributed by atoms with van der Waals surface area (Å²) in [5, 5.41) is 12.4. The minimum absolute atomic E-state index is 0.0565. The van der Waals surface area contributed by atoms with Gasteiger partial charge < -0.3 is 15.2 Å². The minimum Gasteiger partial charge on any atom is -0.491 e. The predicted molar refractivity (Wildman–Crippen MR) is 87.2 cm³/mol. The van der Waals surface area contributed by atoms with Crippen molar-refractivity contribution in [2.45, 2.75) is 33.0 Å². The molecule has 1 atom stereocenters. The fraction of sp³-hybridized carbons (Fsp3) is 0.278. The molecule has 0 radical (unpaired) electrons. The molecule has 0 fully saturated rings. The number of anilines is 1. The number of amides is 1. The fourth-order valence-corrected chi connectivity index (χ4v) is 2.06. The second kappa shape index (κ2) is 7.09. The molecule has 0 bridgehead atoms. The van der Waals surface area contributed by atoms with Crippen LogP contribution in [0.1, 0.15) is 42.8 Å². The molecule has 2 rings (SSSR count). The van der Waals surface area contributed by atoms with Crippen LogP contribution in [-0.4, -0.2) is 17.1 Å². The highest BCUT2D eigenvalue weighted by molar-refractivity contribution is 6.04. The first-order chi connectivity index (χ1) is 10.5. The molecule has 0 unspecified atom stereocenters. The SMILES string of the molecule is CC(C)Oc1cccc(C(=O)Nc2cccc([C@H](C)O)c2)c1. The summed E-state index contributed by atoms with van der Waals surface area (Å²) < 4.78 is 5.59. The molecule has 0 aliphatic rings. The Morgan fingerprint density at radius 2 is 1.82 bits per heavy atom. The van der Waals surface area contributed by atoms with E-state index in [1.54, 1.807) is 43.3 Å². The van der Waals surface area contributed by atoms with Gasteiger partial charge in [-0.3, -0.25) is 4.79 Å². The molecule has 2 N–H and O–H groups in total. The van der Waals surface area contributed by atoms with Crippen LogP contribution in [0.3, 0.4) is 0 Å². The number of benzene rings is 2. The number of carbonyl (C=O) groups is 1. The quantitative estimate of drug-likeness (QED) is 0.883. The van der Waals surface area contributed by atoms with E-state index >= 15 is 0 Å². The Morgan fingerprint density at radius 1 is 1.09 bits per heavy atom. The van der Waals surface area contributed by atoms with Gasteiger partial charge >= 0.3 is 0 Å². The highest BCUT2D eigenvalue weighted by Gasteiger charge is 2.09. The maximum atomic E-state index is 12.3. The number of carbonyl (C=O) groups excluding carboxylic acids is 1. The molecule has 0 heterocycles. The van der Waals surface area contributed by atoms with Gasteiger partial charge in [-0.1, -0.05) is 18.2 Å². The Kier molecular flexibility index (Phi) is 5.17. The standard InChI is InChI=1S/C18H21NO3/c1-12(2)22-17-9-5-7-15(11-17)18(21)19-16-8-4-6-14(10-16)13(3)20/h4-13,20H,1-3H3,(H,19,21)/t13-/m0/s1. The maximum Gasteiger partial charge on any atom is 0.255 e. The van der Waals surface area contributed by atoms with Gasteiger partial charge in [0.2, 0.25) is 0 Å². The summed E-state index contributed by atoms with van der Waals surface area (Å²) in [6.07, 6.45) is -0.513. The number of hydrogen-bond acceptors (Lipinski definition) is 3. The van der Waals surface area contributed by atoms with Gasteiger partial charge in [0.05, 0.1) is 12.2 Å². The highest BCUT2D eigenvalue weighted by atomic mass is 16.5. The third-order valence-electron chi connectivity index (χ3n) is 3.09. The molecule has 0 saturated heterocycles. The Balaban J connectivity index is 2.13. The molecular formula is C18H21NO3. The van der Waals surface area contributed by atoms with Crippen LogP contribution in [0.25, 0.3) is 0 Å². The van der Waals surface area contributed by atoms with Crippen LogP contribution in [0.2, 0.25) is 0 Å². The van der Waals surface area contributed by atoms with Crippen LogP contribution in [-0.2, 0) is 0 Å². The van der Waals surface area contributed by atoms with E-state index in [9.17, 15) is 9.90 Å². The van der Waals surface area contributed by atoms with Crippen LogP contribution >= 0.6 is 0 Å². The van der Waals surface area contributed by atoms with Crippen molar-refractivity contribution in [2.24, 2.45) is 0 Å².